The summed E-state index contributed by atoms with van der Waals surface area (Å²) in [5, 5.41) is 0. The van der Waals surface area contributed by atoms with E-state index in [2.05, 4.69) is 31.2 Å². The van der Waals surface area contributed by atoms with Crippen molar-refractivity contribution in [3.63, 3.8) is 0 Å². The molecule has 1 aromatic carbocycles. The van der Waals surface area contributed by atoms with E-state index in [-0.39, 0.29) is 11.7 Å². The SMILES string of the molecule is CCC1(OC(=O)N2CCCCC2)Cc2ccccc2C1. The third-order valence-electron chi connectivity index (χ3n) is 4.71. The molecule has 0 atom stereocenters. The standard InChI is InChI=1S/C17H23NO2/c1-2-17(12-14-8-4-5-9-15(14)13-17)20-16(19)18-10-6-3-7-11-18/h4-5,8-9H,2-3,6-7,10-13H2,1H3. The second-order valence-electron chi connectivity index (χ2n) is 6.07. The minimum atomic E-state index is -0.321. The van der Waals surface area contributed by atoms with Crippen molar-refractivity contribution < 1.29 is 9.53 Å². The lowest BCUT2D eigenvalue weighted by atomic mass is 9.97. The number of amides is 1. The predicted molar refractivity (Wildman–Crippen MR) is 78.8 cm³/mol. The van der Waals surface area contributed by atoms with Gasteiger partial charge < -0.3 is 9.64 Å². The van der Waals surface area contributed by atoms with Gasteiger partial charge >= 0.3 is 6.09 Å². The molecule has 3 heteroatoms. The van der Waals surface area contributed by atoms with E-state index in [4.69, 9.17) is 4.74 Å². The maximum atomic E-state index is 12.4. The summed E-state index contributed by atoms with van der Waals surface area (Å²) in [6.07, 6.45) is 5.93. The van der Waals surface area contributed by atoms with Gasteiger partial charge in [0.15, 0.2) is 0 Å². The Morgan fingerprint density at radius 2 is 1.75 bits per heavy atom. The molecule has 1 fully saturated rings. The van der Waals surface area contributed by atoms with E-state index in [1.54, 1.807) is 0 Å². The van der Waals surface area contributed by atoms with Gasteiger partial charge in [0.2, 0.25) is 0 Å². The molecule has 0 aromatic heterocycles. The zero-order valence-corrected chi connectivity index (χ0v) is 12.2. The third kappa shape index (κ3) is 2.54. The smallest absolute Gasteiger partial charge is 0.410 e. The molecule has 0 radical (unpaired) electrons. The maximum Gasteiger partial charge on any atom is 0.410 e. The van der Waals surface area contributed by atoms with Crippen molar-refractivity contribution in [1.29, 1.82) is 0 Å². The molecule has 20 heavy (non-hydrogen) atoms. The van der Waals surface area contributed by atoms with Crippen LogP contribution in [0.3, 0.4) is 0 Å². The van der Waals surface area contributed by atoms with Crippen LogP contribution < -0.4 is 0 Å². The molecule has 3 rings (SSSR count). The Bertz CT molecular complexity index is 467. The van der Waals surface area contributed by atoms with Crippen LogP contribution in [0.1, 0.15) is 43.7 Å². The van der Waals surface area contributed by atoms with Crippen LogP contribution in [0.25, 0.3) is 0 Å². The van der Waals surface area contributed by atoms with E-state index in [1.165, 1.54) is 17.5 Å². The normalized spacial score (nSPS) is 20.6. The fourth-order valence-electron chi connectivity index (χ4n) is 3.38. The quantitative estimate of drug-likeness (QED) is 0.824. The first-order chi connectivity index (χ1) is 9.72. The third-order valence-corrected chi connectivity index (χ3v) is 4.71. The van der Waals surface area contributed by atoms with Crippen molar-refractivity contribution in [2.75, 3.05) is 13.1 Å². The number of carbonyl (C=O) groups is 1. The number of carbonyl (C=O) groups excluding carboxylic acids is 1. The molecule has 0 saturated carbocycles. The Hall–Kier alpha value is -1.51. The summed E-state index contributed by atoms with van der Waals surface area (Å²) in [6, 6.07) is 8.44. The van der Waals surface area contributed by atoms with Gasteiger partial charge in [-0.3, -0.25) is 0 Å². The molecule has 0 N–H and O–H groups in total. The summed E-state index contributed by atoms with van der Waals surface area (Å²) in [4.78, 5) is 14.3. The number of piperidine rings is 1. The fourth-order valence-corrected chi connectivity index (χ4v) is 3.38. The minimum Gasteiger partial charge on any atom is -0.442 e. The van der Waals surface area contributed by atoms with Crippen LogP contribution in [0.2, 0.25) is 0 Å². The first-order valence-corrected chi connectivity index (χ1v) is 7.77. The molecule has 108 valence electrons. The van der Waals surface area contributed by atoms with Crippen molar-refractivity contribution in [3.8, 4) is 0 Å². The zero-order valence-electron chi connectivity index (χ0n) is 12.2. The molecule has 1 heterocycles. The molecule has 3 nitrogen and oxygen atoms in total. The Kier molecular flexibility index (Phi) is 3.68. The molecule has 1 amide bonds. The maximum absolute atomic E-state index is 12.4. The van der Waals surface area contributed by atoms with E-state index in [9.17, 15) is 4.79 Å². The first kappa shape index (κ1) is 13.5. The summed E-state index contributed by atoms with van der Waals surface area (Å²) in [6.45, 7) is 3.83. The topological polar surface area (TPSA) is 29.5 Å². The average Bonchev–Trinajstić information content (AvgIpc) is 2.86. The van der Waals surface area contributed by atoms with E-state index in [1.807, 2.05) is 4.90 Å². The van der Waals surface area contributed by atoms with Crippen LogP contribution in [0.4, 0.5) is 4.79 Å². The first-order valence-electron chi connectivity index (χ1n) is 7.77. The second-order valence-corrected chi connectivity index (χ2v) is 6.07. The monoisotopic (exact) mass is 273 g/mol. The second kappa shape index (κ2) is 5.47. The van der Waals surface area contributed by atoms with E-state index < -0.39 is 0 Å². The molecule has 0 bridgehead atoms. The van der Waals surface area contributed by atoms with Crippen molar-refractivity contribution in [1.82, 2.24) is 4.90 Å². The largest absolute Gasteiger partial charge is 0.442 e. The van der Waals surface area contributed by atoms with Crippen molar-refractivity contribution in [3.05, 3.63) is 35.4 Å². The van der Waals surface area contributed by atoms with Crippen LogP contribution >= 0.6 is 0 Å². The van der Waals surface area contributed by atoms with Crippen LogP contribution in [-0.4, -0.2) is 29.7 Å². The summed E-state index contributed by atoms with van der Waals surface area (Å²) < 4.78 is 5.96. The number of rotatable bonds is 2. The van der Waals surface area contributed by atoms with Crippen LogP contribution in [0, 0.1) is 0 Å². The highest BCUT2D eigenvalue weighted by atomic mass is 16.6. The molecule has 1 saturated heterocycles. The number of benzene rings is 1. The Balaban J connectivity index is 1.70. The number of fused-ring (bicyclic) bond motifs is 1. The Morgan fingerprint density at radius 1 is 1.15 bits per heavy atom. The lowest BCUT2D eigenvalue weighted by molar-refractivity contribution is -0.00855. The van der Waals surface area contributed by atoms with Gasteiger partial charge in [-0.2, -0.15) is 0 Å². The molecule has 1 aliphatic carbocycles. The Labute approximate surface area is 120 Å². The lowest BCUT2D eigenvalue weighted by Crippen LogP contribution is -2.43. The van der Waals surface area contributed by atoms with Gasteiger partial charge in [0.25, 0.3) is 0 Å². The summed E-state index contributed by atoms with van der Waals surface area (Å²) in [5.41, 5.74) is 2.35. The highest BCUT2D eigenvalue weighted by Gasteiger charge is 2.40. The van der Waals surface area contributed by atoms with Crippen LogP contribution in [-0.2, 0) is 17.6 Å². The number of nitrogens with zero attached hydrogens (tertiary/aromatic N) is 1. The van der Waals surface area contributed by atoms with Gasteiger partial charge in [-0.15, -0.1) is 0 Å². The average molecular weight is 273 g/mol. The molecule has 0 spiro atoms. The number of hydrogen-bond donors (Lipinski definition) is 0. The summed E-state index contributed by atoms with van der Waals surface area (Å²) in [7, 11) is 0. The Morgan fingerprint density at radius 3 is 2.30 bits per heavy atom. The van der Waals surface area contributed by atoms with Crippen molar-refractivity contribution in [2.24, 2.45) is 0 Å². The highest BCUT2D eigenvalue weighted by Crippen LogP contribution is 2.36. The van der Waals surface area contributed by atoms with E-state index in [0.717, 1.165) is 45.2 Å². The molecule has 2 aliphatic rings. The summed E-state index contributed by atoms with van der Waals surface area (Å²) >= 11 is 0. The molecular formula is C17H23NO2. The van der Waals surface area contributed by atoms with Crippen molar-refractivity contribution in [2.45, 2.75) is 51.0 Å². The van der Waals surface area contributed by atoms with Crippen molar-refractivity contribution >= 4 is 6.09 Å². The summed E-state index contributed by atoms with van der Waals surface area (Å²) in [5.74, 6) is 0. The van der Waals surface area contributed by atoms with Gasteiger partial charge in [-0.25, -0.2) is 4.79 Å². The van der Waals surface area contributed by atoms with Gasteiger partial charge in [-0.05, 0) is 36.8 Å². The molecular weight excluding hydrogens is 250 g/mol. The highest BCUT2D eigenvalue weighted by molar-refractivity contribution is 5.68. The van der Waals surface area contributed by atoms with Gasteiger partial charge in [0, 0.05) is 25.9 Å². The van der Waals surface area contributed by atoms with Crippen LogP contribution in [0.5, 0.6) is 0 Å². The van der Waals surface area contributed by atoms with E-state index >= 15 is 0 Å². The molecule has 1 aliphatic heterocycles. The number of hydrogen-bond acceptors (Lipinski definition) is 2. The minimum absolute atomic E-state index is 0.112. The number of likely N-dealkylation sites (tertiary alicyclic amines) is 1. The predicted octanol–water partition coefficient (Wildman–Crippen LogP) is 3.56. The zero-order chi connectivity index (χ0) is 14.0. The lowest BCUT2D eigenvalue weighted by Gasteiger charge is -2.33. The van der Waals surface area contributed by atoms with Gasteiger partial charge in [-0.1, -0.05) is 31.2 Å². The molecule has 0 unspecified atom stereocenters. The molecule has 1 aromatic rings. The van der Waals surface area contributed by atoms with E-state index in [0.29, 0.717) is 0 Å². The van der Waals surface area contributed by atoms with Gasteiger partial charge in [0.05, 0.1) is 0 Å². The fraction of sp³-hybridized carbons (Fsp3) is 0.588. The number of ether oxygens (including phenoxy) is 1. The van der Waals surface area contributed by atoms with Crippen LogP contribution in [0.15, 0.2) is 24.3 Å². The van der Waals surface area contributed by atoms with Gasteiger partial charge in [0.1, 0.15) is 5.60 Å².